The number of fused-ring (bicyclic) bond motifs is 2. The van der Waals surface area contributed by atoms with Crippen LogP contribution in [-0.4, -0.2) is 40.0 Å². The second-order valence-electron chi connectivity index (χ2n) is 7.59. The number of piperidine rings is 1. The molecule has 9 heteroatoms. The first kappa shape index (κ1) is 17.7. The molecule has 3 heterocycles. The molecule has 1 aromatic carbocycles. The predicted molar refractivity (Wildman–Crippen MR) is 105 cm³/mol. The van der Waals surface area contributed by atoms with E-state index in [-0.39, 0.29) is 11.4 Å². The molecule has 1 saturated carbocycles. The summed E-state index contributed by atoms with van der Waals surface area (Å²) in [5.74, 6) is 0.373. The van der Waals surface area contributed by atoms with Gasteiger partial charge in [-0.3, -0.25) is 19.6 Å². The molecule has 2 unspecified atom stereocenters. The Morgan fingerprint density at radius 3 is 2.79 bits per heavy atom. The largest absolute Gasteiger partial charge is 0.365 e. The third-order valence-corrected chi connectivity index (χ3v) is 5.77. The molecule has 1 aliphatic carbocycles. The van der Waals surface area contributed by atoms with Gasteiger partial charge in [-0.2, -0.15) is 0 Å². The number of H-pyrrole nitrogens is 1. The van der Waals surface area contributed by atoms with Crippen LogP contribution in [-0.2, 0) is 6.54 Å². The highest BCUT2D eigenvalue weighted by molar-refractivity contribution is 5.92. The van der Waals surface area contributed by atoms with Gasteiger partial charge in [-0.15, -0.1) is 0 Å². The predicted octanol–water partition coefficient (Wildman–Crippen LogP) is 0.780. The van der Waals surface area contributed by atoms with Gasteiger partial charge in [-0.05, 0) is 36.1 Å². The Balaban J connectivity index is 1.19. The number of hydrogen-bond acceptors (Lipinski definition) is 6. The average molecular weight is 394 g/mol. The molecular formula is C20H19FN6O2. The van der Waals surface area contributed by atoms with Gasteiger partial charge in [-0.25, -0.2) is 9.37 Å². The number of amides is 1. The lowest BCUT2D eigenvalue weighted by atomic mass is 10.2. The number of nitrogens with zero attached hydrogens (tertiary/aromatic N) is 3. The van der Waals surface area contributed by atoms with E-state index in [4.69, 9.17) is 5.73 Å². The summed E-state index contributed by atoms with van der Waals surface area (Å²) < 4.78 is 13.3. The lowest BCUT2D eigenvalue weighted by molar-refractivity contribution is 0.0998. The van der Waals surface area contributed by atoms with Gasteiger partial charge in [0.25, 0.3) is 11.5 Å². The first-order valence-electron chi connectivity index (χ1n) is 9.42. The van der Waals surface area contributed by atoms with Crippen LogP contribution < -0.4 is 21.5 Å². The molecule has 0 bridgehead atoms. The number of rotatable bonds is 5. The zero-order valence-corrected chi connectivity index (χ0v) is 15.4. The molecule has 29 heavy (non-hydrogen) atoms. The summed E-state index contributed by atoms with van der Waals surface area (Å²) in [6.45, 7) is 2.21. The van der Waals surface area contributed by atoms with Crippen molar-refractivity contribution in [1.82, 2.24) is 20.3 Å². The zero-order valence-electron chi connectivity index (χ0n) is 15.4. The number of pyridine rings is 1. The van der Waals surface area contributed by atoms with Crippen molar-refractivity contribution in [3.63, 3.8) is 0 Å². The third-order valence-electron chi connectivity index (χ3n) is 5.77. The molecule has 2 fully saturated rings. The van der Waals surface area contributed by atoms with Gasteiger partial charge >= 0.3 is 0 Å². The Morgan fingerprint density at radius 1 is 1.28 bits per heavy atom. The smallest absolute Gasteiger partial charge is 0.265 e. The summed E-state index contributed by atoms with van der Waals surface area (Å²) in [4.78, 5) is 36.4. The minimum Gasteiger partial charge on any atom is -0.365 e. The molecule has 8 nitrogen and oxygen atoms in total. The topological polar surface area (TPSA) is 117 Å². The molecule has 3 aromatic rings. The summed E-state index contributed by atoms with van der Waals surface area (Å²) in [6, 6.07) is 8.78. The molecular weight excluding hydrogens is 375 g/mol. The van der Waals surface area contributed by atoms with Crippen molar-refractivity contribution in [2.45, 2.75) is 12.6 Å². The summed E-state index contributed by atoms with van der Waals surface area (Å²) in [5, 5.41) is 4.33. The van der Waals surface area contributed by atoms with Crippen molar-refractivity contribution in [1.29, 1.82) is 0 Å². The maximum Gasteiger partial charge on any atom is 0.265 e. The number of nitrogens with one attached hydrogen (secondary N) is 2. The van der Waals surface area contributed by atoms with Crippen molar-refractivity contribution < 1.29 is 9.18 Å². The van der Waals surface area contributed by atoms with E-state index in [1.165, 1.54) is 18.3 Å². The van der Waals surface area contributed by atoms with Crippen LogP contribution >= 0.6 is 0 Å². The van der Waals surface area contributed by atoms with Gasteiger partial charge in [0.15, 0.2) is 0 Å². The van der Waals surface area contributed by atoms with Gasteiger partial charge < -0.3 is 16.0 Å². The number of benzene rings is 1. The monoisotopic (exact) mass is 394 g/mol. The Morgan fingerprint density at radius 2 is 2.07 bits per heavy atom. The van der Waals surface area contributed by atoms with E-state index >= 15 is 0 Å². The van der Waals surface area contributed by atoms with Crippen LogP contribution in [0.1, 0.15) is 16.1 Å². The molecule has 1 amide bonds. The average Bonchev–Trinajstić information content (AvgIpc) is 3.14. The summed E-state index contributed by atoms with van der Waals surface area (Å²) >= 11 is 0. The molecule has 0 spiro atoms. The van der Waals surface area contributed by atoms with Gasteiger partial charge in [0.1, 0.15) is 11.4 Å². The molecule has 2 atom stereocenters. The van der Waals surface area contributed by atoms with Crippen molar-refractivity contribution in [2.24, 2.45) is 17.6 Å². The van der Waals surface area contributed by atoms with E-state index < -0.39 is 11.5 Å². The van der Waals surface area contributed by atoms with Crippen LogP contribution in [0.5, 0.6) is 0 Å². The van der Waals surface area contributed by atoms with E-state index in [1.807, 2.05) is 17.0 Å². The second-order valence-corrected chi connectivity index (χ2v) is 7.59. The highest BCUT2D eigenvalue weighted by Gasteiger charge is 2.55. The molecule has 2 aliphatic rings. The van der Waals surface area contributed by atoms with Crippen molar-refractivity contribution >= 4 is 22.8 Å². The van der Waals surface area contributed by atoms with E-state index in [1.54, 1.807) is 6.07 Å². The Hall–Kier alpha value is -3.33. The first-order chi connectivity index (χ1) is 14.0. The van der Waals surface area contributed by atoms with Crippen molar-refractivity contribution in [3.8, 4) is 0 Å². The van der Waals surface area contributed by atoms with Gasteiger partial charge in [0.05, 0.1) is 11.2 Å². The highest BCUT2D eigenvalue weighted by Crippen LogP contribution is 2.46. The Labute approximate surface area is 165 Å². The molecule has 0 radical (unpaired) electrons. The number of primary amides is 1. The van der Waals surface area contributed by atoms with Crippen LogP contribution in [0.4, 0.5) is 10.3 Å². The molecule has 148 valence electrons. The fourth-order valence-corrected chi connectivity index (χ4v) is 4.18. The Bertz CT molecular complexity index is 1170. The van der Waals surface area contributed by atoms with Crippen LogP contribution in [0, 0.1) is 17.7 Å². The molecule has 2 aromatic heterocycles. The number of aromatic nitrogens is 3. The number of hydrogen-bond donors (Lipinski definition) is 3. The van der Waals surface area contributed by atoms with Gasteiger partial charge in [0.2, 0.25) is 5.95 Å². The lowest BCUT2D eigenvalue weighted by Crippen LogP contribution is -2.34. The maximum absolute atomic E-state index is 13.3. The molecule has 4 N–H and O–H groups in total. The van der Waals surface area contributed by atoms with Crippen LogP contribution in [0.2, 0.25) is 0 Å². The normalized spacial score (nSPS) is 22.7. The fourth-order valence-electron chi connectivity index (χ4n) is 4.18. The van der Waals surface area contributed by atoms with Crippen molar-refractivity contribution in [3.05, 3.63) is 64.0 Å². The fraction of sp³-hybridized carbons (Fsp3) is 0.300. The number of nitrogens with two attached hydrogens (primary N) is 1. The summed E-state index contributed by atoms with van der Waals surface area (Å²) in [6.07, 6.45) is 1.23. The first-order valence-corrected chi connectivity index (χ1v) is 9.42. The minimum atomic E-state index is -0.786. The van der Waals surface area contributed by atoms with Crippen molar-refractivity contribution in [2.75, 3.05) is 18.0 Å². The number of aromatic amines is 1. The molecule has 5 rings (SSSR count). The molecule has 1 saturated heterocycles. The number of halogens is 1. The van der Waals surface area contributed by atoms with E-state index in [9.17, 15) is 14.0 Å². The molecule has 1 aliphatic heterocycles. The Kier molecular flexibility index (Phi) is 4.06. The van der Waals surface area contributed by atoms with Crippen LogP contribution in [0.3, 0.4) is 0 Å². The summed E-state index contributed by atoms with van der Waals surface area (Å²) in [7, 11) is 0. The highest BCUT2D eigenvalue weighted by atomic mass is 19.1. The number of carbonyl (C=O) groups is 1. The SMILES string of the molecule is NC(=O)c1cnc(N2CC3C(C2)C3NCc2ccc3cc(F)ccc3n2)[nH]c1=O. The minimum absolute atomic E-state index is 0.136. The van der Waals surface area contributed by atoms with E-state index in [0.29, 0.717) is 30.4 Å². The lowest BCUT2D eigenvalue weighted by Gasteiger charge is -2.20. The van der Waals surface area contributed by atoms with E-state index in [0.717, 1.165) is 29.7 Å². The quantitative estimate of drug-likeness (QED) is 0.589. The van der Waals surface area contributed by atoms with E-state index in [2.05, 4.69) is 20.3 Å². The van der Waals surface area contributed by atoms with Crippen LogP contribution in [0.15, 0.2) is 41.3 Å². The second kappa shape index (κ2) is 6.63. The number of anilines is 1. The van der Waals surface area contributed by atoms with Gasteiger partial charge in [0, 0.05) is 37.3 Å². The maximum atomic E-state index is 13.3. The third kappa shape index (κ3) is 3.23. The van der Waals surface area contributed by atoms with Crippen LogP contribution in [0.25, 0.3) is 10.9 Å². The number of carbonyl (C=O) groups excluding carboxylic acids is 1. The standard InChI is InChI=1S/C20H19FN6O2/c21-11-2-4-16-10(5-11)1-3-12(25-16)6-23-17-14-8-27(9-15(14)17)20-24-7-13(18(22)28)19(29)26-20/h1-5,7,14-15,17,23H,6,8-9H2,(H2,22,28)(H,24,26,29). The zero-order chi connectivity index (χ0) is 20.1. The van der Waals surface area contributed by atoms with Gasteiger partial charge in [-0.1, -0.05) is 6.07 Å². The summed E-state index contributed by atoms with van der Waals surface area (Å²) in [5.41, 5.74) is 6.19.